The Morgan fingerprint density at radius 3 is 1.53 bits per heavy atom. The maximum Gasteiger partial charge on any atom is 0.136 e. The molecule has 1 heteroatoms. The molecular formula is C46H28O. The molecule has 10 aromatic rings. The summed E-state index contributed by atoms with van der Waals surface area (Å²) in [6.45, 7) is 0. The maximum absolute atomic E-state index is 6.24. The van der Waals surface area contributed by atoms with Crippen molar-refractivity contribution in [2.75, 3.05) is 0 Å². The summed E-state index contributed by atoms with van der Waals surface area (Å²) in [6.07, 6.45) is 0. The molecule has 1 heterocycles. The zero-order valence-electron chi connectivity index (χ0n) is 25.6. The molecule has 0 fully saturated rings. The normalized spacial score (nSPS) is 11.8. The molecule has 9 aromatic carbocycles. The van der Waals surface area contributed by atoms with Crippen molar-refractivity contribution in [2.45, 2.75) is 0 Å². The van der Waals surface area contributed by atoms with Crippen LogP contribution in [0.4, 0.5) is 0 Å². The van der Waals surface area contributed by atoms with E-state index in [1.807, 2.05) is 12.1 Å². The Morgan fingerprint density at radius 1 is 0.277 bits per heavy atom. The van der Waals surface area contributed by atoms with E-state index >= 15 is 0 Å². The summed E-state index contributed by atoms with van der Waals surface area (Å²) in [4.78, 5) is 0. The van der Waals surface area contributed by atoms with Crippen LogP contribution in [-0.2, 0) is 0 Å². The lowest BCUT2D eigenvalue weighted by molar-refractivity contribution is 0.669. The molecule has 0 N–H and O–H groups in total. The van der Waals surface area contributed by atoms with E-state index < -0.39 is 0 Å². The molecule has 0 unspecified atom stereocenters. The highest BCUT2D eigenvalue weighted by molar-refractivity contribution is 6.26. The quantitative estimate of drug-likeness (QED) is 0.146. The lowest BCUT2D eigenvalue weighted by Gasteiger charge is -2.19. The zero-order valence-corrected chi connectivity index (χ0v) is 25.6. The van der Waals surface area contributed by atoms with Gasteiger partial charge >= 0.3 is 0 Å². The van der Waals surface area contributed by atoms with Gasteiger partial charge in [-0.1, -0.05) is 140 Å². The van der Waals surface area contributed by atoms with Gasteiger partial charge in [-0.25, -0.2) is 0 Å². The first-order valence-corrected chi connectivity index (χ1v) is 16.2. The van der Waals surface area contributed by atoms with Crippen LogP contribution in [0, 0.1) is 0 Å². The van der Waals surface area contributed by atoms with Gasteiger partial charge in [0.2, 0.25) is 0 Å². The summed E-state index contributed by atoms with van der Waals surface area (Å²) in [7, 11) is 0. The van der Waals surface area contributed by atoms with Crippen LogP contribution in [0.25, 0.3) is 98.4 Å². The van der Waals surface area contributed by atoms with Crippen molar-refractivity contribution in [2.24, 2.45) is 0 Å². The molecule has 0 aliphatic carbocycles. The van der Waals surface area contributed by atoms with Crippen molar-refractivity contribution in [1.82, 2.24) is 0 Å². The van der Waals surface area contributed by atoms with E-state index in [0.717, 1.165) is 27.5 Å². The van der Waals surface area contributed by atoms with Crippen molar-refractivity contribution >= 4 is 65.0 Å². The van der Waals surface area contributed by atoms with Gasteiger partial charge in [0.15, 0.2) is 0 Å². The van der Waals surface area contributed by atoms with Crippen molar-refractivity contribution in [1.29, 1.82) is 0 Å². The van der Waals surface area contributed by atoms with Gasteiger partial charge in [-0.05, 0) is 107 Å². The van der Waals surface area contributed by atoms with Crippen LogP contribution >= 0.6 is 0 Å². The molecule has 47 heavy (non-hydrogen) atoms. The first kappa shape index (κ1) is 26.1. The van der Waals surface area contributed by atoms with Gasteiger partial charge < -0.3 is 4.42 Å². The molecule has 0 saturated carbocycles. The monoisotopic (exact) mass is 596 g/mol. The van der Waals surface area contributed by atoms with E-state index in [-0.39, 0.29) is 0 Å². The minimum absolute atomic E-state index is 0.918. The standard InChI is InChI=1S/C46H28O/c1-2-12-29(13-3-1)45-37-17-6-8-19-39(37)46(40-20-9-7-18-38(40)45)42-27-32-23-22-30(26-41(32)33-14-4-5-15-34(33)42)31-24-25-36-35-16-10-11-21-43(35)47-44(36)28-31/h1-28H. The van der Waals surface area contributed by atoms with Crippen LogP contribution < -0.4 is 0 Å². The van der Waals surface area contributed by atoms with Crippen molar-refractivity contribution in [3.05, 3.63) is 170 Å². The predicted octanol–water partition coefficient (Wildman–Crippen LogP) is 13.2. The van der Waals surface area contributed by atoms with Crippen LogP contribution in [0.3, 0.4) is 0 Å². The first-order valence-electron chi connectivity index (χ1n) is 16.2. The van der Waals surface area contributed by atoms with E-state index in [2.05, 4.69) is 158 Å². The molecule has 0 spiro atoms. The van der Waals surface area contributed by atoms with Crippen LogP contribution in [0.15, 0.2) is 174 Å². The highest BCUT2D eigenvalue weighted by Gasteiger charge is 2.19. The molecule has 1 nitrogen and oxygen atoms in total. The Labute approximate surface area is 271 Å². The summed E-state index contributed by atoms with van der Waals surface area (Å²) >= 11 is 0. The van der Waals surface area contributed by atoms with Gasteiger partial charge in [0, 0.05) is 10.8 Å². The second-order valence-corrected chi connectivity index (χ2v) is 12.4. The number of rotatable bonds is 3. The number of furan rings is 1. The zero-order chi connectivity index (χ0) is 30.9. The highest BCUT2D eigenvalue weighted by atomic mass is 16.3. The fourth-order valence-electron chi connectivity index (χ4n) is 7.73. The molecule has 0 atom stereocenters. The third kappa shape index (κ3) is 3.97. The summed E-state index contributed by atoms with van der Waals surface area (Å²) in [5.74, 6) is 0. The van der Waals surface area contributed by atoms with Gasteiger partial charge in [0.05, 0.1) is 0 Å². The lowest BCUT2D eigenvalue weighted by atomic mass is 9.83. The van der Waals surface area contributed by atoms with Crippen molar-refractivity contribution in [3.8, 4) is 33.4 Å². The van der Waals surface area contributed by atoms with E-state index in [0.29, 0.717) is 0 Å². The first-order chi connectivity index (χ1) is 23.3. The minimum atomic E-state index is 0.918. The summed E-state index contributed by atoms with van der Waals surface area (Å²) in [5, 5.41) is 12.4. The second-order valence-electron chi connectivity index (χ2n) is 12.4. The Hall–Kier alpha value is -6.18. The summed E-state index contributed by atoms with van der Waals surface area (Å²) in [6, 6.07) is 61.6. The predicted molar refractivity (Wildman–Crippen MR) is 200 cm³/mol. The third-order valence-electron chi connectivity index (χ3n) is 9.84. The number of para-hydroxylation sites is 1. The second kappa shape index (κ2) is 10.2. The molecule has 0 aliphatic heterocycles. The Balaban J connectivity index is 1.23. The van der Waals surface area contributed by atoms with Crippen LogP contribution in [0.1, 0.15) is 0 Å². The van der Waals surface area contributed by atoms with Gasteiger partial charge in [-0.3, -0.25) is 0 Å². The number of benzene rings is 9. The van der Waals surface area contributed by atoms with E-state index in [1.165, 1.54) is 70.9 Å². The van der Waals surface area contributed by atoms with E-state index in [4.69, 9.17) is 4.42 Å². The van der Waals surface area contributed by atoms with E-state index in [1.54, 1.807) is 0 Å². The average molecular weight is 597 g/mol. The lowest BCUT2D eigenvalue weighted by Crippen LogP contribution is -1.92. The fraction of sp³-hybridized carbons (Fsp3) is 0. The molecule has 0 saturated heterocycles. The molecule has 0 amide bonds. The van der Waals surface area contributed by atoms with Crippen molar-refractivity contribution < 1.29 is 4.42 Å². The number of hydrogen-bond acceptors (Lipinski definition) is 1. The Bertz CT molecular complexity index is 2780. The molecule has 1 aromatic heterocycles. The van der Waals surface area contributed by atoms with Gasteiger partial charge in [0.1, 0.15) is 11.2 Å². The smallest absolute Gasteiger partial charge is 0.136 e. The van der Waals surface area contributed by atoms with Crippen LogP contribution in [0.5, 0.6) is 0 Å². The Kier molecular flexibility index (Phi) is 5.64. The maximum atomic E-state index is 6.24. The SMILES string of the molecule is c1ccc(-c2c3ccccc3c(-c3cc4ccc(-c5ccc6c(c5)oc5ccccc56)cc4c4ccccc34)c3ccccc23)cc1. The van der Waals surface area contributed by atoms with Crippen molar-refractivity contribution in [3.63, 3.8) is 0 Å². The third-order valence-corrected chi connectivity index (χ3v) is 9.84. The summed E-state index contributed by atoms with van der Waals surface area (Å²) in [5.41, 5.74) is 9.25. The van der Waals surface area contributed by atoms with Crippen LogP contribution in [0.2, 0.25) is 0 Å². The van der Waals surface area contributed by atoms with Crippen LogP contribution in [-0.4, -0.2) is 0 Å². The van der Waals surface area contributed by atoms with E-state index in [9.17, 15) is 0 Å². The fourth-order valence-corrected chi connectivity index (χ4v) is 7.73. The average Bonchev–Trinajstić information content (AvgIpc) is 3.52. The van der Waals surface area contributed by atoms with Gasteiger partial charge in [0.25, 0.3) is 0 Å². The molecule has 0 radical (unpaired) electrons. The number of hydrogen-bond donors (Lipinski definition) is 0. The molecular weight excluding hydrogens is 569 g/mol. The van der Waals surface area contributed by atoms with Gasteiger partial charge in [-0.2, -0.15) is 0 Å². The Morgan fingerprint density at radius 2 is 0.809 bits per heavy atom. The molecule has 10 rings (SSSR count). The largest absolute Gasteiger partial charge is 0.456 e. The number of fused-ring (bicyclic) bond motifs is 8. The van der Waals surface area contributed by atoms with Gasteiger partial charge in [-0.15, -0.1) is 0 Å². The molecule has 0 aliphatic rings. The summed E-state index contributed by atoms with van der Waals surface area (Å²) < 4.78 is 6.24. The topological polar surface area (TPSA) is 13.1 Å². The minimum Gasteiger partial charge on any atom is -0.456 e. The highest BCUT2D eigenvalue weighted by Crippen LogP contribution is 2.46. The molecule has 0 bridgehead atoms. The molecule has 218 valence electrons.